The van der Waals surface area contributed by atoms with E-state index in [4.69, 9.17) is 10.9 Å². The van der Waals surface area contributed by atoms with Crippen molar-refractivity contribution in [2.24, 2.45) is 16.3 Å². The summed E-state index contributed by atoms with van der Waals surface area (Å²) in [7, 11) is 0. The van der Waals surface area contributed by atoms with Crippen molar-refractivity contribution in [2.45, 2.75) is 58.9 Å². The minimum absolute atomic E-state index is 0.0201. The summed E-state index contributed by atoms with van der Waals surface area (Å²) >= 11 is 0. The van der Waals surface area contributed by atoms with Crippen LogP contribution in [0.4, 0.5) is 0 Å². The van der Waals surface area contributed by atoms with E-state index in [0.29, 0.717) is 6.04 Å². The van der Waals surface area contributed by atoms with Crippen LogP contribution in [0.2, 0.25) is 0 Å². The van der Waals surface area contributed by atoms with Gasteiger partial charge in [-0.3, -0.25) is 4.79 Å². The number of carbonyl (C=O) groups is 1. The van der Waals surface area contributed by atoms with Crippen molar-refractivity contribution in [1.29, 1.82) is 0 Å². The van der Waals surface area contributed by atoms with Gasteiger partial charge in [-0.05, 0) is 39.5 Å². The standard InChI is InChI=1S/C13H25N3O2/c1-4-7-10-8-5-6-9-16(10)12(17)13(2,3)11(14)15-18/h10,18H,4-9H2,1-3H3,(H2,14,15). The Morgan fingerprint density at radius 2 is 2.17 bits per heavy atom. The van der Waals surface area contributed by atoms with Crippen molar-refractivity contribution in [3.8, 4) is 0 Å². The maximum Gasteiger partial charge on any atom is 0.236 e. The number of amides is 1. The summed E-state index contributed by atoms with van der Waals surface area (Å²) in [5, 5.41) is 11.8. The Balaban J connectivity index is 2.86. The molecule has 1 unspecified atom stereocenters. The molecular formula is C13H25N3O2. The van der Waals surface area contributed by atoms with Crippen LogP contribution in [0.25, 0.3) is 0 Å². The second kappa shape index (κ2) is 6.07. The van der Waals surface area contributed by atoms with Crippen molar-refractivity contribution in [1.82, 2.24) is 4.90 Å². The third-order valence-electron chi connectivity index (χ3n) is 3.79. The lowest BCUT2D eigenvalue weighted by molar-refractivity contribution is -0.141. The highest BCUT2D eigenvalue weighted by atomic mass is 16.4. The normalized spacial score (nSPS) is 22.1. The molecule has 1 rings (SSSR count). The molecule has 0 spiro atoms. The smallest absolute Gasteiger partial charge is 0.236 e. The highest BCUT2D eigenvalue weighted by molar-refractivity contribution is 6.06. The monoisotopic (exact) mass is 255 g/mol. The Morgan fingerprint density at radius 1 is 1.50 bits per heavy atom. The van der Waals surface area contributed by atoms with Crippen LogP contribution in [0.5, 0.6) is 0 Å². The van der Waals surface area contributed by atoms with E-state index >= 15 is 0 Å². The molecule has 0 aromatic heterocycles. The predicted octanol–water partition coefficient (Wildman–Crippen LogP) is 1.94. The number of amidine groups is 1. The van der Waals surface area contributed by atoms with Crippen molar-refractivity contribution < 1.29 is 10.0 Å². The minimum atomic E-state index is -0.932. The van der Waals surface area contributed by atoms with Gasteiger partial charge in [-0.2, -0.15) is 0 Å². The van der Waals surface area contributed by atoms with E-state index in [2.05, 4.69) is 12.1 Å². The molecule has 1 atom stereocenters. The van der Waals surface area contributed by atoms with E-state index in [-0.39, 0.29) is 11.7 Å². The lowest BCUT2D eigenvalue weighted by Crippen LogP contribution is -2.53. The summed E-state index contributed by atoms with van der Waals surface area (Å²) in [6.45, 7) is 6.33. The largest absolute Gasteiger partial charge is 0.409 e. The Bertz CT molecular complexity index is 324. The first kappa shape index (κ1) is 14.8. The molecule has 1 aliphatic heterocycles. The second-order valence-electron chi connectivity index (χ2n) is 5.55. The van der Waals surface area contributed by atoms with Crippen LogP contribution < -0.4 is 5.73 Å². The summed E-state index contributed by atoms with van der Waals surface area (Å²) < 4.78 is 0. The third kappa shape index (κ3) is 2.94. The SMILES string of the molecule is CCCC1CCCCN1C(=O)C(C)(C)C(N)=NO. The molecule has 104 valence electrons. The number of rotatable bonds is 4. The summed E-state index contributed by atoms with van der Waals surface area (Å²) in [5.74, 6) is -0.0516. The first-order chi connectivity index (χ1) is 8.45. The number of oxime groups is 1. The van der Waals surface area contributed by atoms with Gasteiger partial charge in [0.15, 0.2) is 5.84 Å². The number of piperidine rings is 1. The van der Waals surface area contributed by atoms with E-state index in [1.807, 2.05) is 4.90 Å². The Hall–Kier alpha value is -1.26. The maximum atomic E-state index is 12.6. The van der Waals surface area contributed by atoms with Gasteiger partial charge in [-0.25, -0.2) is 0 Å². The van der Waals surface area contributed by atoms with Gasteiger partial charge in [-0.1, -0.05) is 18.5 Å². The van der Waals surface area contributed by atoms with Gasteiger partial charge in [-0.15, -0.1) is 0 Å². The van der Waals surface area contributed by atoms with Crippen molar-refractivity contribution in [3.63, 3.8) is 0 Å². The van der Waals surface area contributed by atoms with E-state index in [0.717, 1.165) is 32.2 Å². The summed E-state index contributed by atoms with van der Waals surface area (Å²) in [6.07, 6.45) is 5.37. The molecule has 1 saturated heterocycles. The lowest BCUT2D eigenvalue weighted by atomic mass is 9.87. The van der Waals surface area contributed by atoms with Crippen LogP contribution in [-0.2, 0) is 4.79 Å². The average Bonchev–Trinajstić information content (AvgIpc) is 2.37. The van der Waals surface area contributed by atoms with Gasteiger partial charge in [0.2, 0.25) is 5.91 Å². The van der Waals surface area contributed by atoms with E-state index in [9.17, 15) is 4.79 Å². The fourth-order valence-electron chi connectivity index (χ4n) is 2.49. The van der Waals surface area contributed by atoms with Gasteiger partial charge in [0.1, 0.15) is 5.41 Å². The molecule has 5 heteroatoms. The fraction of sp³-hybridized carbons (Fsp3) is 0.846. The molecule has 18 heavy (non-hydrogen) atoms. The Labute approximate surface area is 109 Å². The zero-order chi connectivity index (χ0) is 13.8. The number of hydrogen-bond acceptors (Lipinski definition) is 3. The third-order valence-corrected chi connectivity index (χ3v) is 3.79. The Morgan fingerprint density at radius 3 is 2.72 bits per heavy atom. The van der Waals surface area contributed by atoms with E-state index in [1.165, 1.54) is 6.42 Å². The zero-order valence-electron chi connectivity index (χ0n) is 11.6. The van der Waals surface area contributed by atoms with Crippen molar-refractivity contribution in [2.75, 3.05) is 6.54 Å². The molecule has 1 fully saturated rings. The maximum absolute atomic E-state index is 12.6. The molecule has 0 aromatic rings. The van der Waals surface area contributed by atoms with Gasteiger partial charge < -0.3 is 15.8 Å². The first-order valence-electron chi connectivity index (χ1n) is 6.74. The number of likely N-dealkylation sites (tertiary alicyclic amines) is 1. The first-order valence-corrected chi connectivity index (χ1v) is 6.74. The van der Waals surface area contributed by atoms with Gasteiger partial charge in [0.05, 0.1) is 0 Å². The van der Waals surface area contributed by atoms with E-state index < -0.39 is 5.41 Å². The number of nitrogens with two attached hydrogens (primary N) is 1. The molecule has 1 heterocycles. The molecular weight excluding hydrogens is 230 g/mol. The minimum Gasteiger partial charge on any atom is -0.409 e. The summed E-state index contributed by atoms with van der Waals surface area (Å²) in [6, 6.07) is 0.307. The molecule has 0 radical (unpaired) electrons. The topological polar surface area (TPSA) is 78.9 Å². The molecule has 0 saturated carbocycles. The van der Waals surface area contributed by atoms with E-state index in [1.54, 1.807) is 13.8 Å². The molecule has 0 aromatic carbocycles. The van der Waals surface area contributed by atoms with Crippen molar-refractivity contribution in [3.05, 3.63) is 0 Å². The lowest BCUT2D eigenvalue weighted by Gasteiger charge is -2.40. The van der Waals surface area contributed by atoms with Gasteiger partial charge >= 0.3 is 0 Å². The predicted molar refractivity (Wildman–Crippen MR) is 71.4 cm³/mol. The highest BCUT2D eigenvalue weighted by Gasteiger charge is 2.39. The number of hydrogen-bond donors (Lipinski definition) is 2. The van der Waals surface area contributed by atoms with Crippen LogP contribution in [-0.4, -0.2) is 34.4 Å². The van der Waals surface area contributed by atoms with Crippen LogP contribution in [0.3, 0.4) is 0 Å². The van der Waals surface area contributed by atoms with Crippen LogP contribution in [0.1, 0.15) is 52.9 Å². The molecule has 5 nitrogen and oxygen atoms in total. The van der Waals surface area contributed by atoms with Gasteiger partial charge in [0, 0.05) is 12.6 Å². The van der Waals surface area contributed by atoms with Crippen molar-refractivity contribution >= 4 is 11.7 Å². The molecule has 0 aliphatic carbocycles. The average molecular weight is 255 g/mol. The number of carbonyl (C=O) groups excluding carboxylic acids is 1. The number of nitrogens with zero attached hydrogens (tertiary/aromatic N) is 2. The fourth-order valence-corrected chi connectivity index (χ4v) is 2.49. The molecule has 0 bridgehead atoms. The Kier molecular flexibility index (Phi) is 4.99. The quantitative estimate of drug-likeness (QED) is 0.349. The second-order valence-corrected chi connectivity index (χ2v) is 5.55. The summed E-state index contributed by atoms with van der Waals surface area (Å²) in [4.78, 5) is 14.5. The van der Waals surface area contributed by atoms with Crippen LogP contribution in [0.15, 0.2) is 5.16 Å². The van der Waals surface area contributed by atoms with Gasteiger partial charge in [0.25, 0.3) is 0 Å². The van der Waals surface area contributed by atoms with Crippen LogP contribution in [0, 0.1) is 5.41 Å². The molecule has 1 aliphatic rings. The molecule has 1 amide bonds. The molecule has 3 N–H and O–H groups in total. The summed E-state index contributed by atoms with van der Waals surface area (Å²) in [5.41, 5.74) is 4.70. The van der Waals surface area contributed by atoms with Crippen LogP contribution >= 0.6 is 0 Å². The zero-order valence-corrected chi connectivity index (χ0v) is 11.6. The highest BCUT2D eigenvalue weighted by Crippen LogP contribution is 2.27.